The normalized spacial score (nSPS) is 14.5. The van der Waals surface area contributed by atoms with Crippen molar-refractivity contribution in [1.82, 2.24) is 15.0 Å². The maximum Gasteiger partial charge on any atom is 0.358 e. The fourth-order valence-electron chi connectivity index (χ4n) is 3.17. The third-order valence-electron chi connectivity index (χ3n) is 4.46. The van der Waals surface area contributed by atoms with Crippen LogP contribution in [0.5, 0.6) is 5.75 Å². The molecule has 0 aliphatic carbocycles. The van der Waals surface area contributed by atoms with Gasteiger partial charge in [0.05, 0.1) is 19.8 Å². The van der Waals surface area contributed by atoms with Gasteiger partial charge in [0, 0.05) is 30.4 Å². The van der Waals surface area contributed by atoms with Gasteiger partial charge in [0.15, 0.2) is 23.1 Å². The molecule has 1 fully saturated rings. The molecule has 4 rings (SSSR count). The van der Waals surface area contributed by atoms with Crippen LogP contribution in [0.25, 0.3) is 22.3 Å². The highest BCUT2D eigenvalue weighted by Crippen LogP contribution is 2.33. The first-order valence-corrected chi connectivity index (χ1v) is 8.85. The molecular weight excluding hydrogens is 348 g/mol. The lowest BCUT2D eigenvalue weighted by Crippen LogP contribution is -2.37. The summed E-state index contributed by atoms with van der Waals surface area (Å²) >= 11 is 0. The lowest BCUT2D eigenvalue weighted by atomic mass is 10.1. The Balaban J connectivity index is 1.88. The van der Waals surface area contributed by atoms with Crippen LogP contribution in [-0.2, 0) is 4.74 Å². The molecule has 1 aromatic carbocycles. The summed E-state index contributed by atoms with van der Waals surface area (Å²) in [5.74, 6) is -0.0860. The first kappa shape index (κ1) is 17.3. The Morgan fingerprint density at radius 3 is 2.85 bits per heavy atom. The first-order valence-electron chi connectivity index (χ1n) is 8.85. The van der Waals surface area contributed by atoms with Gasteiger partial charge in [-0.25, -0.2) is 14.8 Å². The van der Waals surface area contributed by atoms with Crippen LogP contribution in [0, 0.1) is 0 Å². The Morgan fingerprint density at radius 2 is 2.11 bits per heavy atom. The van der Waals surface area contributed by atoms with E-state index in [2.05, 4.69) is 15.0 Å². The van der Waals surface area contributed by atoms with E-state index < -0.39 is 5.97 Å². The lowest BCUT2D eigenvalue weighted by molar-refractivity contribution is 0.0685. The van der Waals surface area contributed by atoms with Crippen molar-refractivity contribution in [3.05, 3.63) is 36.2 Å². The second-order valence-electron chi connectivity index (χ2n) is 6.17. The van der Waals surface area contributed by atoms with Crippen molar-refractivity contribution in [3.8, 4) is 17.1 Å². The molecule has 1 aliphatic heterocycles. The van der Waals surface area contributed by atoms with Gasteiger partial charge in [-0.3, -0.25) is 0 Å². The van der Waals surface area contributed by atoms with Crippen LogP contribution in [0.4, 0.5) is 5.82 Å². The van der Waals surface area contributed by atoms with Gasteiger partial charge in [-0.15, -0.1) is 0 Å². The summed E-state index contributed by atoms with van der Waals surface area (Å²) < 4.78 is 11.0. The summed E-state index contributed by atoms with van der Waals surface area (Å²) in [4.78, 5) is 26.0. The van der Waals surface area contributed by atoms with Crippen molar-refractivity contribution < 1.29 is 19.4 Å². The SMILES string of the molecule is CCOc1c(C(=O)O)nc(-c2ccc3cc[nH]c3c2)nc1N1CCOCC1. The number of carboxylic acid groups (broad SMARTS) is 1. The second kappa shape index (κ2) is 7.24. The van der Waals surface area contributed by atoms with Crippen molar-refractivity contribution in [1.29, 1.82) is 0 Å². The number of benzene rings is 1. The smallest absolute Gasteiger partial charge is 0.358 e. The number of morpholine rings is 1. The highest BCUT2D eigenvalue weighted by Gasteiger charge is 2.26. The number of carboxylic acids is 1. The number of aromatic carboxylic acids is 1. The minimum absolute atomic E-state index is 0.130. The Labute approximate surface area is 155 Å². The molecule has 1 saturated heterocycles. The van der Waals surface area contributed by atoms with Gasteiger partial charge in [-0.1, -0.05) is 12.1 Å². The largest absolute Gasteiger partial charge is 0.488 e. The van der Waals surface area contributed by atoms with E-state index >= 15 is 0 Å². The van der Waals surface area contributed by atoms with Crippen molar-refractivity contribution in [2.45, 2.75) is 6.92 Å². The van der Waals surface area contributed by atoms with Crippen LogP contribution in [0.1, 0.15) is 17.4 Å². The van der Waals surface area contributed by atoms with Crippen LogP contribution in [0.15, 0.2) is 30.5 Å². The molecule has 0 radical (unpaired) electrons. The molecule has 27 heavy (non-hydrogen) atoms. The third kappa shape index (κ3) is 3.31. The molecule has 0 bridgehead atoms. The number of aromatic nitrogens is 3. The van der Waals surface area contributed by atoms with Crippen molar-refractivity contribution in [2.24, 2.45) is 0 Å². The predicted octanol–water partition coefficient (Wildman–Crippen LogP) is 2.56. The molecule has 1 aliphatic rings. The fraction of sp³-hybridized carbons (Fsp3) is 0.316. The number of fused-ring (bicyclic) bond motifs is 1. The van der Waals surface area contributed by atoms with Gasteiger partial charge < -0.3 is 24.5 Å². The van der Waals surface area contributed by atoms with Crippen LogP contribution in [-0.4, -0.2) is 58.9 Å². The van der Waals surface area contributed by atoms with E-state index in [1.807, 2.05) is 42.3 Å². The molecule has 0 saturated carbocycles. The molecule has 8 heteroatoms. The van der Waals surface area contributed by atoms with E-state index in [9.17, 15) is 9.90 Å². The van der Waals surface area contributed by atoms with E-state index in [0.29, 0.717) is 44.6 Å². The number of nitrogens with one attached hydrogen (secondary N) is 1. The number of hydrogen-bond acceptors (Lipinski definition) is 6. The van der Waals surface area contributed by atoms with E-state index in [0.717, 1.165) is 16.5 Å². The summed E-state index contributed by atoms with van der Waals surface area (Å²) in [5.41, 5.74) is 1.55. The molecule has 2 aromatic heterocycles. The van der Waals surface area contributed by atoms with Gasteiger partial charge in [0.1, 0.15) is 0 Å². The molecule has 0 unspecified atom stereocenters. The highest BCUT2D eigenvalue weighted by atomic mass is 16.5. The standard InChI is InChI=1S/C19H20N4O4/c1-2-27-16-15(19(24)25)21-17(22-18(16)23-7-9-26-10-8-23)13-4-3-12-5-6-20-14(12)11-13/h3-6,11,20H,2,7-10H2,1H3,(H,24,25). The monoisotopic (exact) mass is 368 g/mol. The van der Waals surface area contributed by atoms with Gasteiger partial charge in [0.25, 0.3) is 0 Å². The summed E-state index contributed by atoms with van der Waals surface area (Å²) in [7, 11) is 0. The molecule has 3 aromatic rings. The number of H-pyrrole nitrogens is 1. The van der Waals surface area contributed by atoms with Crippen molar-refractivity contribution in [2.75, 3.05) is 37.8 Å². The number of anilines is 1. The molecule has 8 nitrogen and oxygen atoms in total. The van der Waals surface area contributed by atoms with Gasteiger partial charge in [-0.2, -0.15) is 0 Å². The zero-order valence-electron chi connectivity index (χ0n) is 14.9. The average molecular weight is 368 g/mol. The van der Waals surface area contributed by atoms with Crippen molar-refractivity contribution >= 4 is 22.7 Å². The zero-order chi connectivity index (χ0) is 18.8. The summed E-state index contributed by atoms with van der Waals surface area (Å²) in [5, 5.41) is 10.8. The maximum atomic E-state index is 11.9. The van der Waals surface area contributed by atoms with Crippen LogP contribution < -0.4 is 9.64 Å². The van der Waals surface area contributed by atoms with E-state index in [-0.39, 0.29) is 11.4 Å². The van der Waals surface area contributed by atoms with E-state index in [4.69, 9.17) is 9.47 Å². The molecule has 2 N–H and O–H groups in total. The van der Waals surface area contributed by atoms with Crippen molar-refractivity contribution in [3.63, 3.8) is 0 Å². The zero-order valence-corrected chi connectivity index (χ0v) is 14.9. The fourth-order valence-corrected chi connectivity index (χ4v) is 3.17. The van der Waals surface area contributed by atoms with Gasteiger partial charge in [0.2, 0.25) is 0 Å². The third-order valence-corrected chi connectivity index (χ3v) is 4.46. The molecule has 0 amide bonds. The Hall–Kier alpha value is -3.13. The van der Waals surface area contributed by atoms with Crippen LogP contribution in [0.3, 0.4) is 0 Å². The number of aromatic amines is 1. The summed E-state index contributed by atoms with van der Waals surface area (Å²) in [6.07, 6.45) is 1.86. The minimum Gasteiger partial charge on any atom is -0.488 e. The average Bonchev–Trinajstić information content (AvgIpc) is 3.16. The second-order valence-corrected chi connectivity index (χ2v) is 6.17. The Kier molecular flexibility index (Phi) is 4.64. The number of nitrogens with zero attached hydrogens (tertiary/aromatic N) is 3. The van der Waals surface area contributed by atoms with Gasteiger partial charge >= 0.3 is 5.97 Å². The van der Waals surface area contributed by atoms with Crippen LogP contribution in [0.2, 0.25) is 0 Å². The summed E-state index contributed by atoms with van der Waals surface area (Å²) in [6.45, 7) is 4.48. The molecule has 0 spiro atoms. The molecule has 140 valence electrons. The van der Waals surface area contributed by atoms with Gasteiger partial charge in [-0.05, 0) is 24.4 Å². The Morgan fingerprint density at radius 1 is 1.30 bits per heavy atom. The van der Waals surface area contributed by atoms with E-state index in [1.54, 1.807) is 0 Å². The number of hydrogen-bond donors (Lipinski definition) is 2. The predicted molar refractivity (Wildman–Crippen MR) is 100 cm³/mol. The highest BCUT2D eigenvalue weighted by molar-refractivity contribution is 5.92. The van der Waals surface area contributed by atoms with Crippen LogP contribution >= 0.6 is 0 Å². The molecule has 0 atom stereocenters. The maximum absolute atomic E-state index is 11.9. The number of ether oxygens (including phenoxy) is 2. The molecule has 3 heterocycles. The quantitative estimate of drug-likeness (QED) is 0.714. The lowest BCUT2D eigenvalue weighted by Gasteiger charge is -2.29. The van der Waals surface area contributed by atoms with E-state index in [1.165, 1.54) is 0 Å². The first-order chi connectivity index (χ1) is 13.2. The molecular formula is C19H20N4O4. The number of carbonyl (C=O) groups is 1. The number of rotatable bonds is 5. The minimum atomic E-state index is -1.14. The summed E-state index contributed by atoms with van der Waals surface area (Å²) in [6, 6.07) is 7.73. The Bertz CT molecular complexity index is 979. The topological polar surface area (TPSA) is 101 Å².